The van der Waals surface area contributed by atoms with E-state index in [2.05, 4.69) is 30.9 Å². The maximum Gasteiger partial charge on any atom is 0.260 e. The second-order valence-corrected chi connectivity index (χ2v) is 12.1. The van der Waals surface area contributed by atoms with Crippen molar-refractivity contribution in [3.05, 3.63) is 53.1 Å². The molecule has 1 amide bonds. The zero-order valence-electron chi connectivity index (χ0n) is 20.7. The summed E-state index contributed by atoms with van der Waals surface area (Å²) >= 11 is 1.51. The van der Waals surface area contributed by atoms with E-state index in [0.29, 0.717) is 17.2 Å². The number of carbonyl (C=O) groups is 1. The summed E-state index contributed by atoms with van der Waals surface area (Å²) in [4.78, 5) is 22.7. The van der Waals surface area contributed by atoms with Gasteiger partial charge in [0.05, 0.1) is 28.3 Å². The lowest BCUT2D eigenvalue weighted by Gasteiger charge is -2.27. The van der Waals surface area contributed by atoms with E-state index in [4.69, 9.17) is 9.72 Å². The fraction of sp³-hybridized carbons (Fsp3) is 0.440. The smallest absolute Gasteiger partial charge is 0.260 e. The number of hydrogen-bond donors (Lipinski definition) is 0. The highest BCUT2D eigenvalue weighted by Gasteiger charge is 2.24. The highest BCUT2D eigenvalue weighted by Crippen LogP contribution is 2.33. The first-order valence-corrected chi connectivity index (χ1v) is 14.0. The van der Waals surface area contributed by atoms with Crippen LogP contribution in [0.25, 0.3) is 10.2 Å². The van der Waals surface area contributed by atoms with Gasteiger partial charge in [0, 0.05) is 45.8 Å². The molecule has 2 heterocycles. The number of benzene rings is 2. The number of anilines is 1. The molecular formula is C25H32N4O4S2. The van der Waals surface area contributed by atoms with Gasteiger partial charge in [0.25, 0.3) is 5.91 Å². The normalized spacial score (nSPS) is 15.1. The lowest BCUT2D eigenvalue weighted by atomic mass is 10.1. The molecule has 1 aliphatic heterocycles. The van der Waals surface area contributed by atoms with Crippen LogP contribution in [-0.2, 0) is 14.8 Å². The van der Waals surface area contributed by atoms with E-state index in [1.165, 1.54) is 37.6 Å². The number of morpholine rings is 1. The SMILES string of the molecule is Cc1ccc2sc(N(CCCN3CCOCC3)C(=O)c3ccc(S(=O)(=O)N(C)C)cc3)nc2c1C. The maximum atomic E-state index is 13.7. The number of amides is 1. The number of rotatable bonds is 8. The largest absolute Gasteiger partial charge is 0.379 e. The summed E-state index contributed by atoms with van der Waals surface area (Å²) in [6, 6.07) is 10.3. The Morgan fingerprint density at radius 2 is 1.77 bits per heavy atom. The summed E-state index contributed by atoms with van der Waals surface area (Å²) < 4.78 is 32.5. The average Bonchev–Trinajstić information content (AvgIpc) is 3.29. The van der Waals surface area contributed by atoms with Crippen LogP contribution in [0.3, 0.4) is 0 Å². The van der Waals surface area contributed by atoms with Gasteiger partial charge in [0.2, 0.25) is 10.0 Å². The third-order valence-corrected chi connectivity index (χ3v) is 9.26. The Morgan fingerprint density at radius 1 is 1.09 bits per heavy atom. The fourth-order valence-electron chi connectivity index (χ4n) is 4.03. The van der Waals surface area contributed by atoms with Gasteiger partial charge in [-0.15, -0.1) is 0 Å². The molecule has 0 radical (unpaired) electrons. The van der Waals surface area contributed by atoms with Crippen LogP contribution in [0.1, 0.15) is 27.9 Å². The fourth-order valence-corrected chi connectivity index (χ4v) is 5.98. The van der Waals surface area contributed by atoms with E-state index >= 15 is 0 Å². The molecule has 1 saturated heterocycles. The predicted molar refractivity (Wildman–Crippen MR) is 140 cm³/mol. The Balaban J connectivity index is 1.61. The minimum Gasteiger partial charge on any atom is -0.379 e. The van der Waals surface area contributed by atoms with Crippen molar-refractivity contribution in [3.63, 3.8) is 0 Å². The standard InChI is InChI=1S/C25H32N4O4S2/c1-18-6-11-22-23(19(18)2)26-25(34-22)29(13-5-12-28-14-16-33-17-15-28)24(30)20-7-9-21(10-8-20)35(31,32)27(3)4/h6-11H,5,12-17H2,1-4H3. The molecular weight excluding hydrogens is 484 g/mol. The summed E-state index contributed by atoms with van der Waals surface area (Å²) in [6.45, 7) is 8.77. The topological polar surface area (TPSA) is 83.0 Å². The van der Waals surface area contributed by atoms with Crippen molar-refractivity contribution in [3.8, 4) is 0 Å². The number of ether oxygens (including phenoxy) is 1. The highest BCUT2D eigenvalue weighted by atomic mass is 32.2. The van der Waals surface area contributed by atoms with E-state index in [-0.39, 0.29) is 10.8 Å². The van der Waals surface area contributed by atoms with Gasteiger partial charge in [0.15, 0.2) is 5.13 Å². The van der Waals surface area contributed by atoms with Crippen molar-refractivity contribution in [2.75, 3.05) is 58.4 Å². The molecule has 0 spiro atoms. The van der Waals surface area contributed by atoms with Crippen LogP contribution in [0.4, 0.5) is 5.13 Å². The quantitative estimate of drug-likeness (QED) is 0.456. The number of aromatic nitrogens is 1. The summed E-state index contributed by atoms with van der Waals surface area (Å²) in [5.41, 5.74) is 3.63. The van der Waals surface area contributed by atoms with Crippen LogP contribution in [0.2, 0.25) is 0 Å². The molecule has 0 N–H and O–H groups in total. The number of fused-ring (bicyclic) bond motifs is 1. The Labute approximate surface area is 211 Å². The minimum absolute atomic E-state index is 0.156. The molecule has 10 heteroatoms. The summed E-state index contributed by atoms with van der Waals surface area (Å²) in [6.07, 6.45) is 0.798. The Bertz CT molecular complexity index is 1300. The van der Waals surface area contributed by atoms with Crippen LogP contribution in [-0.4, -0.2) is 82.0 Å². The van der Waals surface area contributed by atoms with Gasteiger partial charge in [-0.05, 0) is 61.7 Å². The van der Waals surface area contributed by atoms with E-state index in [1.54, 1.807) is 17.0 Å². The number of carbonyl (C=O) groups excluding carboxylic acids is 1. The van der Waals surface area contributed by atoms with Crippen molar-refractivity contribution in [2.45, 2.75) is 25.2 Å². The van der Waals surface area contributed by atoms with Gasteiger partial charge in [-0.25, -0.2) is 17.7 Å². The molecule has 0 atom stereocenters. The Morgan fingerprint density at radius 3 is 2.43 bits per heavy atom. The Hall–Kier alpha value is -2.37. The van der Waals surface area contributed by atoms with E-state index in [1.807, 2.05) is 0 Å². The molecule has 0 unspecified atom stereocenters. The molecule has 35 heavy (non-hydrogen) atoms. The number of sulfonamides is 1. The van der Waals surface area contributed by atoms with E-state index < -0.39 is 10.0 Å². The zero-order chi connectivity index (χ0) is 25.2. The zero-order valence-corrected chi connectivity index (χ0v) is 22.3. The number of aryl methyl sites for hydroxylation is 2. The molecule has 4 rings (SSSR count). The van der Waals surface area contributed by atoms with Crippen molar-refractivity contribution < 1.29 is 17.9 Å². The molecule has 0 bridgehead atoms. The number of hydrogen-bond acceptors (Lipinski definition) is 7. The minimum atomic E-state index is -3.56. The van der Waals surface area contributed by atoms with Crippen LogP contribution in [0.15, 0.2) is 41.3 Å². The van der Waals surface area contributed by atoms with Crippen LogP contribution in [0.5, 0.6) is 0 Å². The lowest BCUT2D eigenvalue weighted by molar-refractivity contribution is 0.0376. The molecule has 1 aliphatic rings. The highest BCUT2D eigenvalue weighted by molar-refractivity contribution is 7.89. The molecule has 0 aliphatic carbocycles. The Kier molecular flexibility index (Phi) is 7.87. The van der Waals surface area contributed by atoms with Crippen molar-refractivity contribution >= 4 is 42.6 Å². The van der Waals surface area contributed by atoms with Crippen molar-refractivity contribution in [1.29, 1.82) is 0 Å². The van der Waals surface area contributed by atoms with Gasteiger partial charge >= 0.3 is 0 Å². The molecule has 2 aromatic carbocycles. The maximum absolute atomic E-state index is 13.7. The summed E-state index contributed by atoms with van der Waals surface area (Å²) in [7, 11) is -0.587. The monoisotopic (exact) mass is 516 g/mol. The van der Waals surface area contributed by atoms with E-state index in [9.17, 15) is 13.2 Å². The lowest BCUT2D eigenvalue weighted by Crippen LogP contribution is -2.39. The average molecular weight is 517 g/mol. The van der Waals surface area contributed by atoms with Gasteiger partial charge in [-0.1, -0.05) is 17.4 Å². The molecule has 1 aromatic heterocycles. The predicted octanol–water partition coefficient (Wildman–Crippen LogP) is 3.53. The molecule has 3 aromatic rings. The van der Waals surface area contributed by atoms with Crippen LogP contribution >= 0.6 is 11.3 Å². The molecule has 1 fully saturated rings. The first-order valence-electron chi connectivity index (χ1n) is 11.7. The first-order chi connectivity index (χ1) is 16.7. The van der Waals surface area contributed by atoms with Crippen molar-refractivity contribution in [2.24, 2.45) is 0 Å². The summed E-state index contributed by atoms with van der Waals surface area (Å²) in [5.74, 6) is -0.186. The van der Waals surface area contributed by atoms with Gasteiger partial charge in [-0.2, -0.15) is 0 Å². The second kappa shape index (κ2) is 10.7. The number of nitrogens with zero attached hydrogens (tertiary/aromatic N) is 4. The molecule has 188 valence electrons. The number of thiazole rings is 1. The summed E-state index contributed by atoms with van der Waals surface area (Å²) in [5, 5.41) is 0.658. The molecule has 0 saturated carbocycles. The molecule has 8 nitrogen and oxygen atoms in total. The van der Waals surface area contributed by atoms with Gasteiger partial charge in [-0.3, -0.25) is 14.6 Å². The third kappa shape index (κ3) is 5.57. The van der Waals surface area contributed by atoms with Gasteiger partial charge < -0.3 is 4.74 Å². The third-order valence-electron chi connectivity index (χ3n) is 6.39. The first kappa shape index (κ1) is 25.7. The van der Waals surface area contributed by atoms with E-state index in [0.717, 1.165) is 64.9 Å². The van der Waals surface area contributed by atoms with Crippen molar-refractivity contribution in [1.82, 2.24) is 14.2 Å². The van der Waals surface area contributed by atoms with Crippen LogP contribution < -0.4 is 4.90 Å². The van der Waals surface area contributed by atoms with Gasteiger partial charge in [0.1, 0.15) is 0 Å². The van der Waals surface area contributed by atoms with Crippen LogP contribution in [0, 0.1) is 13.8 Å². The second-order valence-electron chi connectivity index (χ2n) is 8.93.